The molecule has 0 aliphatic carbocycles. The van der Waals surface area contributed by atoms with Gasteiger partial charge in [0, 0.05) is 32.1 Å². The fourth-order valence-corrected chi connectivity index (χ4v) is 3.90. The van der Waals surface area contributed by atoms with Gasteiger partial charge in [0.2, 0.25) is 0 Å². The maximum atomic E-state index is 14.6. The summed E-state index contributed by atoms with van der Waals surface area (Å²) in [5, 5.41) is 0.487. The molecule has 2 aromatic heterocycles. The Balaban J connectivity index is 2.06. The molecule has 4 heterocycles. The second kappa shape index (κ2) is 5.80. The minimum absolute atomic E-state index is 0.155. The topological polar surface area (TPSA) is 63.5 Å². The molecule has 0 spiro atoms. The van der Waals surface area contributed by atoms with Gasteiger partial charge in [0.15, 0.2) is 17.2 Å². The lowest BCUT2D eigenvalue weighted by Crippen LogP contribution is -2.53. The van der Waals surface area contributed by atoms with Gasteiger partial charge in [-0.05, 0) is 14.0 Å². The molecule has 0 N–H and O–H groups in total. The van der Waals surface area contributed by atoms with Crippen LogP contribution >= 0.6 is 22.9 Å². The van der Waals surface area contributed by atoms with Gasteiger partial charge in [-0.2, -0.15) is 4.98 Å². The Labute approximate surface area is 151 Å². The van der Waals surface area contributed by atoms with Gasteiger partial charge in [0.1, 0.15) is 11.2 Å². The Kier molecular flexibility index (Phi) is 3.87. The molecule has 1 unspecified atom stereocenters. The molecule has 128 valence electrons. The Hall–Kier alpha value is -1.49. The van der Waals surface area contributed by atoms with E-state index in [1.807, 2.05) is 22.9 Å². The van der Waals surface area contributed by atoms with E-state index in [0.717, 1.165) is 26.1 Å². The number of rotatable bonds is 0. The maximum absolute atomic E-state index is 14.6. The fraction of sp³-hybridized carbons (Fsp3) is 0.533. The van der Waals surface area contributed by atoms with E-state index < -0.39 is 11.5 Å². The highest BCUT2D eigenvalue weighted by atomic mass is 127. The van der Waals surface area contributed by atoms with Crippen molar-refractivity contribution in [1.82, 2.24) is 17.6 Å². The highest BCUT2D eigenvalue weighted by molar-refractivity contribution is 14.1. The van der Waals surface area contributed by atoms with E-state index in [4.69, 9.17) is 4.74 Å². The molecule has 1 atom stereocenters. The Morgan fingerprint density at radius 2 is 2.12 bits per heavy atom. The van der Waals surface area contributed by atoms with Crippen molar-refractivity contribution in [3.63, 3.8) is 0 Å². The molecule has 1 saturated heterocycles. The van der Waals surface area contributed by atoms with E-state index in [1.54, 1.807) is 6.92 Å². The molecule has 7 nitrogen and oxygen atoms in total. The number of aromatic nitrogens is 3. The average molecular weight is 445 g/mol. The molecule has 2 aromatic rings. The normalized spacial score (nSPS) is 21.2. The molecule has 2 aliphatic heterocycles. The van der Waals surface area contributed by atoms with Crippen LogP contribution in [-0.4, -0.2) is 57.0 Å². The van der Waals surface area contributed by atoms with Crippen LogP contribution in [0, 0.1) is 12.7 Å². The quantitative estimate of drug-likeness (QED) is 0.571. The summed E-state index contributed by atoms with van der Waals surface area (Å²) in [4.78, 5) is 25.2. The molecule has 1 fully saturated rings. The summed E-state index contributed by atoms with van der Waals surface area (Å²) >= 11 is 1.85. The summed E-state index contributed by atoms with van der Waals surface area (Å²) in [7, 11) is 2.07. The number of nitrogens with zero attached hydrogens (tertiary/aromatic N) is 5. The Morgan fingerprint density at radius 3 is 2.92 bits per heavy atom. The van der Waals surface area contributed by atoms with Crippen LogP contribution in [0.4, 0.5) is 10.2 Å². The SMILES string of the molecule is Cc1nc2c3c(nc(=O)n2I)N2CCN(C)CC2CCOc3c1F. The monoisotopic (exact) mass is 445 g/mol. The van der Waals surface area contributed by atoms with E-state index in [1.165, 1.54) is 2.78 Å². The highest BCUT2D eigenvalue weighted by Gasteiger charge is 2.33. The molecule has 0 aromatic carbocycles. The molecule has 0 bridgehead atoms. The number of hydrogen-bond donors (Lipinski definition) is 0. The van der Waals surface area contributed by atoms with Gasteiger partial charge in [-0.3, -0.25) is 0 Å². The lowest BCUT2D eigenvalue weighted by molar-refractivity contribution is 0.222. The second-order valence-corrected chi connectivity index (χ2v) is 7.25. The summed E-state index contributed by atoms with van der Waals surface area (Å²) in [6.07, 6.45) is 0.751. The zero-order valence-corrected chi connectivity index (χ0v) is 15.6. The maximum Gasteiger partial charge on any atom is 0.360 e. The standard InChI is InChI=1S/C15H17FIN5O2/c1-8-11(16)12-10-13(19-15(23)22(17)14(10)18-8)21-5-4-20(2)7-9(21)3-6-24-12/h9H,3-7H2,1-2H3. The largest absolute Gasteiger partial charge is 0.489 e. The van der Waals surface area contributed by atoms with Crippen LogP contribution in [0.3, 0.4) is 0 Å². The summed E-state index contributed by atoms with van der Waals surface area (Å²) in [5.41, 5.74) is 0.217. The smallest absolute Gasteiger partial charge is 0.360 e. The Morgan fingerprint density at radius 1 is 1.33 bits per heavy atom. The lowest BCUT2D eigenvalue weighted by atomic mass is 10.1. The third-order valence-electron chi connectivity index (χ3n) is 4.68. The summed E-state index contributed by atoms with van der Waals surface area (Å²) in [6, 6.07) is 0.182. The lowest BCUT2D eigenvalue weighted by Gasteiger charge is -2.42. The van der Waals surface area contributed by atoms with Crippen LogP contribution in [0.25, 0.3) is 11.0 Å². The van der Waals surface area contributed by atoms with Crippen molar-refractivity contribution >= 4 is 39.7 Å². The van der Waals surface area contributed by atoms with Gasteiger partial charge in [-0.25, -0.2) is 16.9 Å². The number of likely N-dealkylation sites (N-methyl/N-ethyl adjacent to an activating group) is 1. The molecule has 24 heavy (non-hydrogen) atoms. The van der Waals surface area contributed by atoms with Crippen molar-refractivity contribution < 1.29 is 9.13 Å². The minimum atomic E-state index is -0.479. The van der Waals surface area contributed by atoms with Crippen LogP contribution in [0.2, 0.25) is 0 Å². The third kappa shape index (κ3) is 2.36. The third-order valence-corrected chi connectivity index (χ3v) is 5.55. The Bertz CT molecular complexity index is 887. The highest BCUT2D eigenvalue weighted by Crippen LogP contribution is 2.38. The van der Waals surface area contributed by atoms with Gasteiger partial charge >= 0.3 is 5.69 Å². The molecule has 9 heteroatoms. The van der Waals surface area contributed by atoms with Crippen molar-refractivity contribution in [2.24, 2.45) is 0 Å². The minimum Gasteiger partial charge on any atom is -0.489 e. The van der Waals surface area contributed by atoms with Gasteiger partial charge in [0.25, 0.3) is 0 Å². The first-order chi connectivity index (χ1) is 11.5. The van der Waals surface area contributed by atoms with Crippen molar-refractivity contribution in [2.45, 2.75) is 19.4 Å². The fourth-order valence-electron chi connectivity index (χ4n) is 3.44. The van der Waals surface area contributed by atoms with Crippen LogP contribution in [0.1, 0.15) is 12.1 Å². The van der Waals surface area contributed by atoms with Gasteiger partial charge in [-0.15, -0.1) is 0 Å². The molecule has 0 radical (unpaired) electrons. The molecule has 0 saturated carbocycles. The molecular formula is C15H17FIN5O2. The van der Waals surface area contributed by atoms with Crippen LogP contribution < -0.4 is 15.3 Å². The number of piperazine rings is 1. The summed E-state index contributed by atoms with van der Waals surface area (Å²) < 4.78 is 21.7. The van der Waals surface area contributed by atoms with E-state index in [0.29, 0.717) is 23.5 Å². The van der Waals surface area contributed by atoms with Crippen LogP contribution in [-0.2, 0) is 0 Å². The molecule has 4 rings (SSSR count). The number of hydrogen-bond acceptors (Lipinski definition) is 6. The van der Waals surface area contributed by atoms with Crippen molar-refractivity contribution in [1.29, 1.82) is 0 Å². The predicted octanol–water partition coefficient (Wildman–Crippen LogP) is 1.34. The van der Waals surface area contributed by atoms with Crippen LogP contribution in [0.5, 0.6) is 5.75 Å². The summed E-state index contributed by atoms with van der Waals surface area (Å²) in [5.74, 6) is 0.165. The first-order valence-electron chi connectivity index (χ1n) is 7.84. The van der Waals surface area contributed by atoms with Crippen molar-refractivity contribution in [3.05, 3.63) is 22.0 Å². The first kappa shape index (κ1) is 16.0. The van der Waals surface area contributed by atoms with E-state index in [2.05, 4.69) is 26.8 Å². The van der Waals surface area contributed by atoms with Gasteiger partial charge in [-0.1, -0.05) is 0 Å². The number of halogens is 2. The van der Waals surface area contributed by atoms with Crippen molar-refractivity contribution in [3.8, 4) is 5.75 Å². The number of pyridine rings is 1. The molecule has 2 aliphatic rings. The zero-order valence-electron chi connectivity index (χ0n) is 13.4. The summed E-state index contributed by atoms with van der Waals surface area (Å²) in [6.45, 7) is 4.46. The van der Waals surface area contributed by atoms with Crippen LogP contribution in [0.15, 0.2) is 4.79 Å². The number of aryl methyl sites for hydroxylation is 1. The molecular weight excluding hydrogens is 428 g/mol. The average Bonchev–Trinajstić information content (AvgIpc) is 2.53. The zero-order chi connectivity index (χ0) is 17.0. The number of fused-ring (bicyclic) bond motifs is 2. The first-order valence-corrected chi connectivity index (χ1v) is 8.81. The second-order valence-electron chi connectivity index (χ2n) is 6.28. The van der Waals surface area contributed by atoms with Gasteiger partial charge < -0.3 is 14.5 Å². The van der Waals surface area contributed by atoms with Crippen molar-refractivity contribution in [2.75, 3.05) is 38.2 Å². The predicted molar refractivity (Wildman–Crippen MR) is 96.7 cm³/mol. The van der Waals surface area contributed by atoms with E-state index >= 15 is 0 Å². The van der Waals surface area contributed by atoms with E-state index in [-0.39, 0.29) is 17.5 Å². The molecule has 0 amide bonds. The van der Waals surface area contributed by atoms with Gasteiger partial charge in [0.05, 0.1) is 35.2 Å². The van der Waals surface area contributed by atoms with E-state index in [9.17, 15) is 9.18 Å². The number of ether oxygens (including phenoxy) is 1. The number of anilines is 1.